The van der Waals surface area contributed by atoms with Crippen molar-refractivity contribution in [2.24, 2.45) is 35.5 Å². The van der Waals surface area contributed by atoms with Crippen molar-refractivity contribution in [3.8, 4) is 22.3 Å². The molecule has 0 nitrogen and oxygen atoms in total. The number of hydrogen-bond acceptors (Lipinski definition) is 0. The summed E-state index contributed by atoms with van der Waals surface area (Å²) in [5.41, 5.74) is 26.1. The third-order valence-electron chi connectivity index (χ3n) is 21.2. The van der Waals surface area contributed by atoms with Gasteiger partial charge in [0.1, 0.15) is 0 Å². The second kappa shape index (κ2) is 25.7. The molecule has 6 aliphatic carbocycles. The van der Waals surface area contributed by atoms with Crippen molar-refractivity contribution in [2.45, 2.75) is 167 Å². The van der Waals surface area contributed by atoms with Gasteiger partial charge in [-0.3, -0.25) is 0 Å². The van der Waals surface area contributed by atoms with Gasteiger partial charge in [-0.05, 0) is 181 Å². The molecule has 0 spiro atoms. The molecule has 79 heavy (non-hydrogen) atoms. The summed E-state index contributed by atoms with van der Waals surface area (Å²) in [5, 5.41) is 0. The van der Waals surface area contributed by atoms with Crippen LogP contribution in [0.2, 0.25) is 37.3 Å². The van der Waals surface area contributed by atoms with Crippen LogP contribution in [-0.4, -0.2) is 16.1 Å². The quantitative estimate of drug-likeness (QED) is 0.105. The molecule has 12 unspecified atom stereocenters. The van der Waals surface area contributed by atoms with Crippen molar-refractivity contribution in [3.05, 3.63) is 215 Å². The van der Waals surface area contributed by atoms with E-state index in [-0.39, 0.29) is 14.9 Å². The first kappa shape index (κ1) is 61.8. The molecule has 12 atom stereocenters. The maximum atomic E-state index is 4.93. The van der Waals surface area contributed by atoms with Crippen molar-refractivity contribution < 1.29 is 20.8 Å². The normalized spacial score (nSPS) is 27.4. The fraction of sp³-hybridized carbons (Fsp3) is 0.432. The number of benzene rings is 6. The van der Waals surface area contributed by atoms with E-state index in [4.69, 9.17) is 17.0 Å². The first-order valence-electron chi connectivity index (χ1n) is 29.8. The number of allylic oxidation sites excluding steroid dienone is 2. The third-order valence-corrected chi connectivity index (χ3v) is 31.1. The summed E-state index contributed by atoms with van der Waals surface area (Å²) in [6.07, 6.45) is 16.7. The molecule has 0 saturated heterocycles. The standard InChI is InChI=1S/C36H52Si.C36H36Si.2CH3.2ClH.Zr/c2*1-23-13-17-27(18-14-23)29-9-7-11-31-33(29)21-25(3)35(31)37(5,6)36-26(4)22-34-30(10-8-12-32(34)36)28-19-15-24(2)16-20-28;;;;;/h13-20,25-26,29-36H,7-12,21-22H2,1-6H3;7-22,35-36H,1-6H3;2*1H3;2*1H;/q;;2*-1;;;+4/p-2. The van der Waals surface area contributed by atoms with E-state index < -0.39 is 37.0 Å². The Morgan fingerprint density at radius 3 is 1.09 bits per heavy atom. The fourth-order valence-corrected chi connectivity index (χ4v) is 30.3. The minimum absolute atomic E-state index is 0. The van der Waals surface area contributed by atoms with Crippen LogP contribution in [0.5, 0.6) is 0 Å². The van der Waals surface area contributed by atoms with Gasteiger partial charge in [0.25, 0.3) is 0 Å². The number of aryl methyl sites for hydroxylation is 4. The Kier molecular flexibility index (Phi) is 20.1. The van der Waals surface area contributed by atoms with Crippen LogP contribution >= 0.6 is 17.0 Å². The minimum atomic E-state index is -1.87. The topological polar surface area (TPSA) is 0 Å². The van der Waals surface area contributed by atoms with Crippen molar-refractivity contribution >= 4 is 45.3 Å². The van der Waals surface area contributed by atoms with Crippen LogP contribution in [0.15, 0.2) is 145 Å². The van der Waals surface area contributed by atoms with Gasteiger partial charge in [0.2, 0.25) is 0 Å². The van der Waals surface area contributed by atoms with Crippen LogP contribution in [0.25, 0.3) is 34.4 Å². The zero-order valence-electron chi connectivity index (χ0n) is 50.7. The molecule has 0 bridgehead atoms. The molecular formula is C74H94Cl2Si2Zr. The second-order valence-corrected chi connectivity index (χ2v) is 40.2. The van der Waals surface area contributed by atoms with E-state index in [2.05, 4.69) is 227 Å². The second-order valence-electron chi connectivity index (χ2n) is 26.7. The van der Waals surface area contributed by atoms with Crippen molar-refractivity contribution in [2.75, 3.05) is 0 Å². The molecule has 4 fully saturated rings. The molecule has 6 aliphatic rings. The Hall–Kier alpha value is -3.30. The van der Waals surface area contributed by atoms with Gasteiger partial charge in [0.05, 0.1) is 16.1 Å². The fourth-order valence-electron chi connectivity index (χ4n) is 18.6. The first-order valence-corrected chi connectivity index (χ1v) is 42.4. The van der Waals surface area contributed by atoms with Gasteiger partial charge in [-0.25, -0.2) is 0 Å². The van der Waals surface area contributed by atoms with Gasteiger partial charge in [-0.15, -0.1) is 0 Å². The van der Waals surface area contributed by atoms with Crippen LogP contribution < -0.4 is 0 Å². The molecule has 4 saturated carbocycles. The van der Waals surface area contributed by atoms with Crippen LogP contribution in [-0.2, 0) is 20.8 Å². The Bertz CT molecular complexity index is 2870. The maximum absolute atomic E-state index is 4.93. The molecule has 0 aromatic heterocycles. The molecule has 0 radical (unpaired) electrons. The average Bonchev–Trinajstić information content (AvgIpc) is 4.24. The zero-order chi connectivity index (χ0) is 54.5. The summed E-state index contributed by atoms with van der Waals surface area (Å²) < 4.78 is 0. The number of fused-ring (bicyclic) bond motifs is 4. The number of hydrogen-bond donors (Lipinski definition) is 0. The molecule has 12 rings (SSSR count). The Balaban J connectivity index is 0.000000194. The molecule has 0 amide bonds. The van der Waals surface area contributed by atoms with E-state index in [1.165, 1.54) is 129 Å². The van der Waals surface area contributed by atoms with E-state index in [1.807, 2.05) is 0 Å². The summed E-state index contributed by atoms with van der Waals surface area (Å²) in [6, 6.07) is 51.3. The summed E-state index contributed by atoms with van der Waals surface area (Å²) in [5.74, 6) is 7.30. The van der Waals surface area contributed by atoms with E-state index >= 15 is 0 Å². The van der Waals surface area contributed by atoms with Crippen LogP contribution in [0.3, 0.4) is 0 Å². The van der Waals surface area contributed by atoms with Crippen molar-refractivity contribution in [1.82, 2.24) is 0 Å². The van der Waals surface area contributed by atoms with Gasteiger partial charge in [0, 0.05) is 11.1 Å². The third kappa shape index (κ3) is 12.1. The van der Waals surface area contributed by atoms with Crippen LogP contribution in [0, 0.1) is 78.1 Å². The van der Waals surface area contributed by atoms with Gasteiger partial charge in [-0.1, -0.05) is 245 Å². The van der Waals surface area contributed by atoms with E-state index in [1.54, 1.807) is 11.1 Å². The van der Waals surface area contributed by atoms with Gasteiger partial charge in [-0.2, -0.15) is 0 Å². The molecule has 0 heterocycles. The summed E-state index contributed by atoms with van der Waals surface area (Å²) in [6.45, 7) is 29.9. The van der Waals surface area contributed by atoms with Crippen LogP contribution in [0.1, 0.15) is 158 Å². The predicted octanol–water partition coefficient (Wildman–Crippen LogP) is 22.9. The molecule has 6 aromatic rings. The number of halogens is 2. The molecule has 0 N–H and O–H groups in total. The number of rotatable bonds is 8. The summed E-state index contributed by atoms with van der Waals surface area (Å²) in [4.78, 5) is 0. The first-order chi connectivity index (χ1) is 36.9. The average molecular weight is 1200 g/mol. The Labute approximate surface area is 501 Å². The molecular weight excluding hydrogens is 1110 g/mol. The van der Waals surface area contributed by atoms with Gasteiger partial charge in [0.15, 0.2) is 0 Å². The Morgan fingerprint density at radius 2 is 0.747 bits per heavy atom. The monoisotopic (exact) mass is 1200 g/mol. The molecule has 0 aliphatic heterocycles. The Morgan fingerprint density at radius 1 is 0.418 bits per heavy atom. The zero-order valence-corrected chi connectivity index (χ0v) is 56.7. The molecule has 5 heteroatoms. The molecule has 6 aromatic carbocycles. The summed E-state index contributed by atoms with van der Waals surface area (Å²) in [7, 11) is 6.54. The predicted molar refractivity (Wildman–Crippen MR) is 350 cm³/mol. The van der Waals surface area contributed by atoms with Gasteiger partial charge < -0.3 is 14.9 Å². The van der Waals surface area contributed by atoms with Crippen molar-refractivity contribution in [1.29, 1.82) is 0 Å². The van der Waals surface area contributed by atoms with E-state index in [9.17, 15) is 0 Å². The van der Waals surface area contributed by atoms with E-state index in [0.29, 0.717) is 11.1 Å². The SMILES string of the molecule is CC1=Cc2c(-c3ccc(C)cc3)cccc2C1[Si](C)(C)C1C(C)=Cc2c(-c3ccc(C)cc3)cccc21.Cc1ccc(C2CCCC3C2CC(C)C3[Si](C)(C)C2C(C)CC3C(c4ccc(C)cc4)CCCC32)cc1.[CH3-].[CH3-].[Cl][Zr+2][Cl]. The van der Waals surface area contributed by atoms with Crippen molar-refractivity contribution in [3.63, 3.8) is 0 Å². The van der Waals surface area contributed by atoms with E-state index in [0.717, 1.165) is 58.4 Å². The molecule has 416 valence electrons. The van der Waals surface area contributed by atoms with Gasteiger partial charge >= 0.3 is 37.9 Å². The van der Waals surface area contributed by atoms with Crippen LogP contribution in [0.4, 0.5) is 0 Å². The summed E-state index contributed by atoms with van der Waals surface area (Å²) >= 11 is -0.826.